The number of halogens is 4. The Bertz CT molecular complexity index is 843. The van der Waals surface area contributed by atoms with Gasteiger partial charge in [-0.1, -0.05) is 12.1 Å². The van der Waals surface area contributed by atoms with Crippen LogP contribution < -0.4 is 0 Å². The summed E-state index contributed by atoms with van der Waals surface area (Å²) in [6, 6.07) is 6.70. The largest absolute Gasteiger partial charge is 0.292 e. The SMILES string of the molecule is Cc1cccc2c1nc(CCl)n2-c1cc(F)c(F)cc1F. The minimum absolute atomic E-state index is 0.0204. The Morgan fingerprint density at radius 1 is 1.10 bits per heavy atom. The fourth-order valence-corrected chi connectivity index (χ4v) is 2.51. The molecule has 0 spiro atoms. The first-order valence-electron chi connectivity index (χ1n) is 6.20. The van der Waals surface area contributed by atoms with Gasteiger partial charge in [0, 0.05) is 12.1 Å². The lowest BCUT2D eigenvalue weighted by Crippen LogP contribution is -2.04. The van der Waals surface area contributed by atoms with Crippen molar-refractivity contribution in [1.29, 1.82) is 0 Å². The topological polar surface area (TPSA) is 17.8 Å². The zero-order valence-electron chi connectivity index (χ0n) is 11.0. The molecule has 21 heavy (non-hydrogen) atoms. The third kappa shape index (κ3) is 2.17. The average Bonchev–Trinajstić information content (AvgIpc) is 2.83. The molecule has 0 unspecified atom stereocenters. The number of aromatic nitrogens is 2. The zero-order chi connectivity index (χ0) is 15.1. The molecule has 0 radical (unpaired) electrons. The van der Waals surface area contributed by atoms with E-state index in [1.807, 2.05) is 13.0 Å². The van der Waals surface area contributed by atoms with Gasteiger partial charge in [0.25, 0.3) is 0 Å². The van der Waals surface area contributed by atoms with Crippen molar-refractivity contribution in [3.8, 4) is 5.69 Å². The van der Waals surface area contributed by atoms with Crippen LogP contribution >= 0.6 is 11.6 Å². The molecule has 3 rings (SSSR count). The molecule has 3 aromatic rings. The lowest BCUT2D eigenvalue weighted by molar-refractivity contribution is 0.493. The predicted octanol–water partition coefficient (Wildman–Crippen LogP) is 4.49. The van der Waals surface area contributed by atoms with Crippen LogP contribution in [-0.2, 0) is 5.88 Å². The van der Waals surface area contributed by atoms with E-state index in [9.17, 15) is 13.2 Å². The molecule has 0 fully saturated rings. The van der Waals surface area contributed by atoms with Gasteiger partial charge < -0.3 is 0 Å². The maximum Gasteiger partial charge on any atom is 0.161 e. The highest BCUT2D eigenvalue weighted by molar-refractivity contribution is 6.17. The summed E-state index contributed by atoms with van der Waals surface area (Å²) in [7, 11) is 0. The van der Waals surface area contributed by atoms with E-state index < -0.39 is 17.5 Å². The van der Waals surface area contributed by atoms with Crippen LogP contribution in [0.1, 0.15) is 11.4 Å². The molecule has 0 aliphatic heterocycles. The van der Waals surface area contributed by atoms with Crippen LogP contribution in [0.5, 0.6) is 0 Å². The second kappa shape index (κ2) is 5.07. The van der Waals surface area contributed by atoms with Crippen molar-refractivity contribution < 1.29 is 13.2 Å². The highest BCUT2D eigenvalue weighted by atomic mass is 35.5. The molecule has 0 bridgehead atoms. The van der Waals surface area contributed by atoms with E-state index in [0.29, 0.717) is 22.9 Å². The number of alkyl halides is 1. The number of hydrogen-bond acceptors (Lipinski definition) is 1. The van der Waals surface area contributed by atoms with Gasteiger partial charge in [-0.15, -0.1) is 11.6 Å². The summed E-state index contributed by atoms with van der Waals surface area (Å²) in [6.45, 7) is 1.86. The summed E-state index contributed by atoms with van der Waals surface area (Å²) in [4.78, 5) is 4.35. The fraction of sp³-hybridized carbons (Fsp3) is 0.133. The van der Waals surface area contributed by atoms with Crippen LogP contribution in [0.25, 0.3) is 16.7 Å². The summed E-state index contributed by atoms with van der Waals surface area (Å²) >= 11 is 5.86. The van der Waals surface area contributed by atoms with Crippen LogP contribution in [0.3, 0.4) is 0 Å². The van der Waals surface area contributed by atoms with Crippen LogP contribution in [-0.4, -0.2) is 9.55 Å². The fourth-order valence-electron chi connectivity index (χ4n) is 2.33. The Kier molecular flexibility index (Phi) is 3.37. The van der Waals surface area contributed by atoms with Gasteiger partial charge in [-0.05, 0) is 18.6 Å². The molecule has 1 aromatic heterocycles. The van der Waals surface area contributed by atoms with Gasteiger partial charge in [-0.25, -0.2) is 18.2 Å². The van der Waals surface area contributed by atoms with Gasteiger partial charge in [0.15, 0.2) is 11.6 Å². The second-order valence-electron chi connectivity index (χ2n) is 4.66. The van der Waals surface area contributed by atoms with E-state index in [2.05, 4.69) is 4.98 Å². The standard InChI is InChI=1S/C15H10ClF3N2/c1-8-3-2-4-12-15(8)20-14(7-16)21(12)13-6-10(18)9(17)5-11(13)19/h2-6H,7H2,1H3. The van der Waals surface area contributed by atoms with Crippen molar-refractivity contribution in [2.24, 2.45) is 0 Å². The third-order valence-electron chi connectivity index (χ3n) is 3.31. The molecule has 2 nitrogen and oxygen atoms in total. The van der Waals surface area contributed by atoms with Crippen LogP contribution in [0.2, 0.25) is 0 Å². The van der Waals surface area contributed by atoms with Crippen LogP contribution in [0.15, 0.2) is 30.3 Å². The Labute approximate surface area is 123 Å². The highest BCUT2D eigenvalue weighted by Gasteiger charge is 2.18. The number of benzene rings is 2. The minimum atomic E-state index is -1.23. The van der Waals surface area contributed by atoms with Crippen molar-refractivity contribution in [3.63, 3.8) is 0 Å². The normalized spacial score (nSPS) is 11.3. The monoisotopic (exact) mass is 310 g/mol. The maximum atomic E-state index is 14.0. The Morgan fingerprint density at radius 2 is 1.81 bits per heavy atom. The van der Waals surface area contributed by atoms with Gasteiger partial charge in [0.2, 0.25) is 0 Å². The van der Waals surface area contributed by atoms with Crippen LogP contribution in [0.4, 0.5) is 13.2 Å². The van der Waals surface area contributed by atoms with E-state index >= 15 is 0 Å². The molecule has 0 saturated heterocycles. The number of imidazole rings is 1. The smallest absolute Gasteiger partial charge is 0.161 e. The van der Waals surface area contributed by atoms with E-state index in [0.717, 1.165) is 11.6 Å². The lowest BCUT2D eigenvalue weighted by atomic mass is 10.2. The summed E-state index contributed by atoms with van der Waals surface area (Å²) in [5.41, 5.74) is 2.02. The molecule has 0 aliphatic rings. The Morgan fingerprint density at radius 3 is 2.52 bits per heavy atom. The molecule has 0 aliphatic carbocycles. The van der Waals surface area contributed by atoms with E-state index in [-0.39, 0.29) is 11.6 Å². The van der Waals surface area contributed by atoms with Crippen LogP contribution in [0, 0.1) is 24.4 Å². The van der Waals surface area contributed by atoms with E-state index in [1.165, 1.54) is 4.57 Å². The van der Waals surface area contributed by atoms with Crippen molar-refractivity contribution >= 4 is 22.6 Å². The predicted molar refractivity (Wildman–Crippen MR) is 75.2 cm³/mol. The molecule has 0 N–H and O–H groups in total. The lowest BCUT2D eigenvalue weighted by Gasteiger charge is -2.09. The molecule has 0 saturated carbocycles. The van der Waals surface area contributed by atoms with E-state index in [1.54, 1.807) is 12.1 Å². The average molecular weight is 311 g/mol. The summed E-state index contributed by atoms with van der Waals surface area (Å²) in [6.07, 6.45) is 0. The molecule has 2 aromatic carbocycles. The van der Waals surface area contributed by atoms with Crippen molar-refractivity contribution in [3.05, 3.63) is 59.2 Å². The number of nitrogens with zero attached hydrogens (tertiary/aromatic N) is 2. The van der Waals surface area contributed by atoms with Gasteiger partial charge >= 0.3 is 0 Å². The molecule has 0 amide bonds. The first-order valence-corrected chi connectivity index (χ1v) is 6.74. The Hall–Kier alpha value is -2.01. The second-order valence-corrected chi connectivity index (χ2v) is 4.92. The first-order chi connectivity index (χ1) is 10.0. The number of para-hydroxylation sites is 1. The number of fused-ring (bicyclic) bond motifs is 1. The number of rotatable bonds is 2. The number of aryl methyl sites for hydroxylation is 1. The molecular weight excluding hydrogens is 301 g/mol. The summed E-state index contributed by atoms with van der Waals surface area (Å²) in [5, 5.41) is 0. The van der Waals surface area contributed by atoms with Gasteiger partial charge in [-0.3, -0.25) is 4.57 Å². The van der Waals surface area contributed by atoms with Crippen molar-refractivity contribution in [2.45, 2.75) is 12.8 Å². The van der Waals surface area contributed by atoms with E-state index in [4.69, 9.17) is 11.6 Å². The zero-order valence-corrected chi connectivity index (χ0v) is 11.8. The number of hydrogen-bond donors (Lipinski definition) is 0. The van der Waals surface area contributed by atoms with Crippen molar-refractivity contribution in [2.75, 3.05) is 0 Å². The molecule has 6 heteroatoms. The van der Waals surface area contributed by atoms with Gasteiger partial charge in [0.1, 0.15) is 11.6 Å². The molecule has 1 heterocycles. The maximum absolute atomic E-state index is 14.0. The Balaban J connectivity index is 2.39. The summed E-state index contributed by atoms with van der Waals surface area (Å²) in [5.74, 6) is -2.84. The van der Waals surface area contributed by atoms with Crippen molar-refractivity contribution in [1.82, 2.24) is 9.55 Å². The van der Waals surface area contributed by atoms with Gasteiger partial charge in [-0.2, -0.15) is 0 Å². The molecule has 0 atom stereocenters. The molecule has 108 valence electrons. The quantitative estimate of drug-likeness (QED) is 0.504. The summed E-state index contributed by atoms with van der Waals surface area (Å²) < 4.78 is 42.0. The third-order valence-corrected chi connectivity index (χ3v) is 3.55. The molecular formula is C15H10ClF3N2. The first kappa shape index (κ1) is 13.9. The minimum Gasteiger partial charge on any atom is -0.292 e. The highest BCUT2D eigenvalue weighted by Crippen LogP contribution is 2.27. The van der Waals surface area contributed by atoms with Gasteiger partial charge in [0.05, 0.1) is 22.6 Å².